The fraction of sp³-hybridized carbons (Fsp3) is 0.476. The van der Waals surface area contributed by atoms with Gasteiger partial charge in [0.2, 0.25) is 0 Å². The molecule has 1 aromatic carbocycles. The Bertz CT molecular complexity index is 991. The Balaban J connectivity index is 1.32. The zero-order chi connectivity index (χ0) is 23.4. The SMILES string of the molecule is O=C(c1ccc([N+](=O)[O-])cc1Cl)N1CCN(c2ccc(N3CCN(CCO)CC3)nn2)CC1. The Kier molecular flexibility index (Phi) is 7.21. The maximum atomic E-state index is 12.8. The number of non-ortho nitro benzene ring substituents is 1. The maximum Gasteiger partial charge on any atom is 0.270 e. The molecule has 0 spiro atoms. The molecular weight excluding hydrogens is 450 g/mol. The Labute approximate surface area is 196 Å². The lowest BCUT2D eigenvalue weighted by Gasteiger charge is -2.36. The summed E-state index contributed by atoms with van der Waals surface area (Å²) < 4.78 is 0. The molecule has 1 N–H and O–H groups in total. The molecule has 1 amide bonds. The van der Waals surface area contributed by atoms with Gasteiger partial charge in [0.15, 0.2) is 11.6 Å². The molecule has 2 aliphatic heterocycles. The van der Waals surface area contributed by atoms with Crippen LogP contribution in [0.5, 0.6) is 0 Å². The Morgan fingerprint density at radius 3 is 2.03 bits per heavy atom. The van der Waals surface area contributed by atoms with Crippen LogP contribution in [0.15, 0.2) is 30.3 Å². The highest BCUT2D eigenvalue weighted by atomic mass is 35.5. The number of carbonyl (C=O) groups excluding carboxylic acids is 1. The molecule has 0 unspecified atom stereocenters. The van der Waals surface area contributed by atoms with Gasteiger partial charge in [-0.2, -0.15) is 0 Å². The minimum atomic E-state index is -0.539. The summed E-state index contributed by atoms with van der Waals surface area (Å²) in [7, 11) is 0. The van der Waals surface area contributed by atoms with Crippen LogP contribution < -0.4 is 9.80 Å². The highest BCUT2D eigenvalue weighted by molar-refractivity contribution is 6.34. The second-order valence-corrected chi connectivity index (χ2v) is 8.41. The van der Waals surface area contributed by atoms with E-state index in [4.69, 9.17) is 16.7 Å². The van der Waals surface area contributed by atoms with Crippen molar-refractivity contribution in [2.24, 2.45) is 0 Å². The van der Waals surface area contributed by atoms with E-state index in [2.05, 4.69) is 24.9 Å². The molecule has 2 fully saturated rings. The second kappa shape index (κ2) is 10.3. The van der Waals surface area contributed by atoms with Gasteiger partial charge >= 0.3 is 0 Å². The molecule has 12 heteroatoms. The summed E-state index contributed by atoms with van der Waals surface area (Å²) in [5.74, 6) is 1.36. The number of aliphatic hydroxyl groups is 1. The number of nitro groups is 1. The molecule has 4 rings (SSSR count). The van der Waals surface area contributed by atoms with Crippen LogP contribution in [-0.2, 0) is 0 Å². The zero-order valence-electron chi connectivity index (χ0n) is 18.1. The molecule has 0 bridgehead atoms. The van der Waals surface area contributed by atoms with Crippen molar-refractivity contribution in [3.63, 3.8) is 0 Å². The number of amides is 1. The lowest BCUT2D eigenvalue weighted by atomic mass is 10.1. The molecule has 0 saturated carbocycles. The van der Waals surface area contributed by atoms with Crippen LogP contribution >= 0.6 is 11.6 Å². The van der Waals surface area contributed by atoms with Crippen LogP contribution in [0.4, 0.5) is 17.3 Å². The van der Waals surface area contributed by atoms with E-state index in [1.165, 1.54) is 18.2 Å². The Hall–Kier alpha value is -3.02. The van der Waals surface area contributed by atoms with Gasteiger partial charge in [0.1, 0.15) is 0 Å². The van der Waals surface area contributed by atoms with Gasteiger partial charge in [-0.15, -0.1) is 10.2 Å². The number of hydrogen-bond donors (Lipinski definition) is 1. The van der Waals surface area contributed by atoms with Gasteiger partial charge in [0, 0.05) is 71.0 Å². The zero-order valence-corrected chi connectivity index (χ0v) is 18.9. The predicted molar refractivity (Wildman–Crippen MR) is 124 cm³/mol. The number of anilines is 2. The van der Waals surface area contributed by atoms with Gasteiger partial charge in [0.25, 0.3) is 11.6 Å². The van der Waals surface area contributed by atoms with E-state index in [9.17, 15) is 14.9 Å². The van der Waals surface area contributed by atoms with Crippen molar-refractivity contribution in [1.82, 2.24) is 20.0 Å². The normalized spacial score (nSPS) is 17.3. The van der Waals surface area contributed by atoms with E-state index in [-0.39, 0.29) is 28.8 Å². The van der Waals surface area contributed by atoms with Crippen molar-refractivity contribution in [3.05, 3.63) is 51.0 Å². The van der Waals surface area contributed by atoms with Crippen molar-refractivity contribution >= 4 is 34.8 Å². The van der Waals surface area contributed by atoms with Crippen molar-refractivity contribution in [3.8, 4) is 0 Å². The van der Waals surface area contributed by atoms with E-state index in [1.807, 2.05) is 12.1 Å². The van der Waals surface area contributed by atoms with Gasteiger partial charge in [0.05, 0.1) is 22.1 Å². The number of nitro benzene ring substituents is 1. The molecule has 0 aliphatic carbocycles. The number of halogens is 1. The molecule has 2 saturated heterocycles. The van der Waals surface area contributed by atoms with Crippen molar-refractivity contribution in [2.75, 3.05) is 75.3 Å². The fourth-order valence-electron chi connectivity index (χ4n) is 4.10. The van der Waals surface area contributed by atoms with Gasteiger partial charge in [-0.1, -0.05) is 11.6 Å². The highest BCUT2D eigenvalue weighted by Crippen LogP contribution is 2.25. The Morgan fingerprint density at radius 1 is 0.970 bits per heavy atom. The van der Waals surface area contributed by atoms with Crippen LogP contribution in [0.3, 0.4) is 0 Å². The van der Waals surface area contributed by atoms with Crippen molar-refractivity contribution in [2.45, 2.75) is 0 Å². The minimum Gasteiger partial charge on any atom is -0.395 e. The standard InChI is InChI=1S/C21H26ClN7O4/c22-18-15-16(29(32)33)1-2-17(18)21(31)28-11-9-27(10-12-28)20-4-3-19(23-24-20)26-7-5-25(6-8-26)13-14-30/h1-4,15,30H,5-14H2. The molecule has 3 heterocycles. The van der Waals surface area contributed by atoms with Gasteiger partial charge in [-0.3, -0.25) is 19.8 Å². The van der Waals surface area contributed by atoms with Crippen LogP contribution in [0, 0.1) is 10.1 Å². The third-order valence-electron chi connectivity index (χ3n) is 6.03. The summed E-state index contributed by atoms with van der Waals surface area (Å²) in [4.78, 5) is 31.4. The smallest absolute Gasteiger partial charge is 0.270 e. The largest absolute Gasteiger partial charge is 0.395 e. The topological polar surface area (TPSA) is 119 Å². The predicted octanol–water partition coefficient (Wildman–Crippen LogP) is 1.11. The average molecular weight is 476 g/mol. The first-order chi connectivity index (χ1) is 16.0. The molecule has 2 aliphatic rings. The number of β-amino-alcohol motifs (C(OH)–C–C–N with tert-alkyl or cyclic N) is 1. The van der Waals surface area contributed by atoms with E-state index in [1.54, 1.807) is 4.90 Å². The number of aliphatic hydroxyl groups excluding tert-OH is 1. The average Bonchev–Trinajstić information content (AvgIpc) is 2.84. The van der Waals surface area contributed by atoms with Crippen LogP contribution in [0.2, 0.25) is 5.02 Å². The first-order valence-electron chi connectivity index (χ1n) is 10.9. The Morgan fingerprint density at radius 2 is 1.55 bits per heavy atom. The first kappa shape index (κ1) is 23.1. The number of aromatic nitrogens is 2. The quantitative estimate of drug-likeness (QED) is 0.484. The van der Waals surface area contributed by atoms with Crippen molar-refractivity contribution < 1.29 is 14.8 Å². The van der Waals surface area contributed by atoms with E-state index in [0.717, 1.165) is 37.8 Å². The molecule has 0 atom stereocenters. The minimum absolute atomic E-state index is 0.0790. The summed E-state index contributed by atoms with van der Waals surface area (Å²) in [5, 5.41) is 28.8. The van der Waals surface area contributed by atoms with Crippen LogP contribution in [0.1, 0.15) is 10.4 Å². The van der Waals surface area contributed by atoms with Gasteiger partial charge in [-0.25, -0.2) is 0 Å². The molecule has 11 nitrogen and oxygen atoms in total. The summed E-state index contributed by atoms with van der Waals surface area (Å²) in [6, 6.07) is 7.82. The fourth-order valence-corrected chi connectivity index (χ4v) is 4.35. The number of rotatable bonds is 6. The van der Waals surface area contributed by atoms with Crippen molar-refractivity contribution in [1.29, 1.82) is 0 Å². The molecule has 33 heavy (non-hydrogen) atoms. The molecule has 2 aromatic rings. The maximum absolute atomic E-state index is 12.8. The second-order valence-electron chi connectivity index (χ2n) is 8.00. The number of piperazine rings is 2. The summed E-state index contributed by atoms with van der Waals surface area (Å²) in [6.45, 7) is 6.52. The number of benzene rings is 1. The molecular formula is C21H26ClN7O4. The highest BCUT2D eigenvalue weighted by Gasteiger charge is 2.26. The summed E-state index contributed by atoms with van der Waals surface area (Å²) in [5.41, 5.74) is 0.120. The summed E-state index contributed by atoms with van der Waals surface area (Å²) >= 11 is 6.12. The number of carbonyl (C=O) groups is 1. The van der Waals surface area contributed by atoms with E-state index < -0.39 is 4.92 Å². The number of hydrogen-bond acceptors (Lipinski definition) is 9. The van der Waals surface area contributed by atoms with Crippen LogP contribution in [0.25, 0.3) is 0 Å². The van der Waals surface area contributed by atoms with E-state index in [0.29, 0.717) is 32.7 Å². The molecule has 176 valence electrons. The van der Waals surface area contributed by atoms with E-state index >= 15 is 0 Å². The van der Waals surface area contributed by atoms with Gasteiger partial charge in [-0.05, 0) is 18.2 Å². The lowest BCUT2D eigenvalue weighted by molar-refractivity contribution is -0.384. The van der Waals surface area contributed by atoms with Gasteiger partial charge < -0.3 is 19.8 Å². The molecule has 1 aromatic heterocycles. The third kappa shape index (κ3) is 5.32. The molecule has 0 radical (unpaired) electrons. The first-order valence-corrected chi connectivity index (χ1v) is 11.2. The summed E-state index contributed by atoms with van der Waals surface area (Å²) in [6.07, 6.45) is 0. The monoisotopic (exact) mass is 475 g/mol. The lowest BCUT2D eigenvalue weighted by Crippen LogP contribution is -2.49. The van der Waals surface area contributed by atoms with Crippen LogP contribution in [-0.4, -0.2) is 101 Å². The third-order valence-corrected chi connectivity index (χ3v) is 6.35. The number of nitrogens with zero attached hydrogens (tertiary/aromatic N) is 7.